The maximum Gasteiger partial charge on any atom is 0.364 e. The monoisotopic (exact) mass is 1600 g/mol. The third-order valence-corrected chi connectivity index (χ3v) is 21.6. The van der Waals surface area contributed by atoms with E-state index in [0.717, 1.165) is 84.5 Å². The van der Waals surface area contributed by atoms with Crippen LogP contribution in [0.5, 0.6) is 0 Å². The van der Waals surface area contributed by atoms with Crippen LogP contribution in [0.15, 0.2) is 12.2 Å². The SMILES string of the molecule is CCCCCCCCCCCCCCC/C=C/[C@H](O)[C@@H](CO[C@]1(CO)OC[C@@H](O)[C@@H](O)[C@@H]1O[C@@]1(O[C@]2(C(=O)O)C[C@H](O)[C@@H](NC(C)=O)[C@H]([C@H](O)[C@H](O)CO)O2)O[C@H](CO)[C@@H](O[C@]2(O[C@H]3O[C@H](CO)[C@H](O)[C@H](O)[C@H]3O)O[C@H](CO)[C@H](O)C[C@H]2NC(C)=O)C[C@H]1O)NC(=O)CCCCCCCCCCCCCCCCCCC. The van der Waals surface area contributed by atoms with E-state index < -0.39 is 241 Å². The largest absolute Gasteiger partial charge is 0.477 e. The van der Waals surface area contributed by atoms with E-state index in [4.69, 9.17) is 47.4 Å². The van der Waals surface area contributed by atoms with Gasteiger partial charge in [-0.25, -0.2) is 4.79 Å². The molecule has 0 aromatic rings. The highest BCUT2D eigenvalue weighted by Crippen LogP contribution is 2.47. The van der Waals surface area contributed by atoms with Crippen molar-refractivity contribution in [2.24, 2.45) is 0 Å². The first-order valence-electron chi connectivity index (χ1n) is 41.1. The van der Waals surface area contributed by atoms with Crippen LogP contribution in [0.2, 0.25) is 0 Å². The molecule has 648 valence electrons. The molecule has 0 bridgehead atoms. The molecule has 0 aromatic carbocycles. The normalized spacial score (nSPS) is 33.8. The Balaban J connectivity index is 1.51. The molecule has 0 aromatic heterocycles. The van der Waals surface area contributed by atoms with Crippen LogP contribution in [0, 0.1) is 0 Å². The Hall–Kier alpha value is -3.42. The zero-order valence-electron chi connectivity index (χ0n) is 65.8. The average molecular weight is 1600 g/mol. The fourth-order valence-corrected chi connectivity index (χ4v) is 15.0. The van der Waals surface area contributed by atoms with E-state index in [9.17, 15) is 106 Å². The molecular weight excluding hydrogens is 1460 g/mol. The molecule has 3 amide bonds. The van der Waals surface area contributed by atoms with Gasteiger partial charge in [0.05, 0.1) is 76.1 Å². The Labute approximate surface area is 653 Å². The van der Waals surface area contributed by atoms with Crippen LogP contribution < -0.4 is 16.0 Å². The van der Waals surface area contributed by atoms with Gasteiger partial charge in [-0.1, -0.05) is 206 Å². The van der Waals surface area contributed by atoms with Crippen LogP contribution >= 0.6 is 0 Å². The van der Waals surface area contributed by atoms with Crippen molar-refractivity contribution in [3.63, 3.8) is 0 Å². The van der Waals surface area contributed by atoms with E-state index in [2.05, 4.69) is 29.8 Å². The minimum absolute atomic E-state index is 0.0179. The second-order valence-corrected chi connectivity index (χ2v) is 30.9. The Kier molecular flexibility index (Phi) is 45.1. The smallest absolute Gasteiger partial charge is 0.364 e. The fourth-order valence-electron chi connectivity index (χ4n) is 15.0. The molecule has 5 fully saturated rings. The number of allylic oxidation sites excluding steroid dienone is 1. The van der Waals surface area contributed by atoms with Crippen molar-refractivity contribution in [3.8, 4) is 0 Å². The summed E-state index contributed by atoms with van der Waals surface area (Å²) in [5.41, 5.74) is 0. The number of ether oxygens (including phenoxy) is 10. The van der Waals surface area contributed by atoms with Gasteiger partial charge >= 0.3 is 17.9 Å². The van der Waals surface area contributed by atoms with Gasteiger partial charge in [0, 0.05) is 39.5 Å². The van der Waals surface area contributed by atoms with Crippen LogP contribution in [0.3, 0.4) is 0 Å². The van der Waals surface area contributed by atoms with Crippen LogP contribution in [-0.2, 0) is 66.5 Å². The number of aliphatic carboxylic acids is 1. The van der Waals surface area contributed by atoms with Crippen LogP contribution in [0.4, 0.5) is 0 Å². The van der Waals surface area contributed by atoms with Gasteiger partial charge in [-0.3, -0.25) is 23.9 Å². The van der Waals surface area contributed by atoms with Crippen molar-refractivity contribution in [1.29, 1.82) is 0 Å². The molecule has 0 aliphatic carbocycles. The Morgan fingerprint density at radius 1 is 0.550 bits per heavy atom. The third-order valence-electron chi connectivity index (χ3n) is 21.6. The second kappa shape index (κ2) is 51.0. The van der Waals surface area contributed by atoms with Gasteiger partial charge in [-0.05, 0) is 19.3 Å². The summed E-state index contributed by atoms with van der Waals surface area (Å²) in [6.07, 6.45) is -3.95. The van der Waals surface area contributed by atoms with Gasteiger partial charge in [0.2, 0.25) is 23.5 Å². The maximum absolute atomic E-state index is 14.1. The molecule has 5 saturated heterocycles. The average Bonchev–Trinajstić information content (AvgIpc) is 0.728. The highest BCUT2D eigenvalue weighted by Gasteiger charge is 2.68. The molecule has 34 nitrogen and oxygen atoms in total. The van der Waals surface area contributed by atoms with Crippen molar-refractivity contribution in [2.75, 3.05) is 46.2 Å². The second-order valence-electron chi connectivity index (χ2n) is 30.9. The van der Waals surface area contributed by atoms with Crippen molar-refractivity contribution in [3.05, 3.63) is 12.2 Å². The fraction of sp³-hybridized carbons (Fsp3) is 0.922. The number of aliphatic hydroxyl groups is 16. The molecule has 0 spiro atoms. The number of rotatable bonds is 56. The summed E-state index contributed by atoms with van der Waals surface area (Å²) < 4.78 is 61.7. The van der Waals surface area contributed by atoms with Gasteiger partial charge in [0.15, 0.2) is 6.29 Å². The zero-order valence-corrected chi connectivity index (χ0v) is 65.8. The molecule has 5 aliphatic rings. The van der Waals surface area contributed by atoms with Gasteiger partial charge < -0.3 is 141 Å². The predicted molar refractivity (Wildman–Crippen MR) is 396 cm³/mol. The van der Waals surface area contributed by atoms with Crippen molar-refractivity contribution in [2.45, 2.75) is 404 Å². The number of carboxylic acid groups (broad SMARTS) is 1. The highest BCUT2D eigenvalue weighted by atomic mass is 16.9. The third kappa shape index (κ3) is 30.2. The number of hydrogen-bond donors (Lipinski definition) is 20. The molecule has 34 heteroatoms. The van der Waals surface area contributed by atoms with Crippen molar-refractivity contribution < 1.29 is 153 Å². The number of carboxylic acids is 1. The maximum atomic E-state index is 14.1. The quantitative estimate of drug-likeness (QED) is 0.0231. The molecule has 0 radical (unpaired) electrons. The summed E-state index contributed by atoms with van der Waals surface area (Å²) in [7, 11) is 0. The minimum Gasteiger partial charge on any atom is -0.477 e. The topological polar surface area (TPSA) is 541 Å². The summed E-state index contributed by atoms with van der Waals surface area (Å²) in [5.74, 6) is -17.9. The van der Waals surface area contributed by atoms with E-state index >= 15 is 0 Å². The zero-order chi connectivity index (χ0) is 81.7. The lowest BCUT2D eigenvalue weighted by molar-refractivity contribution is -0.536. The summed E-state index contributed by atoms with van der Waals surface area (Å²) in [5, 5.41) is 200. The van der Waals surface area contributed by atoms with Crippen molar-refractivity contribution in [1.82, 2.24) is 16.0 Å². The molecule has 5 rings (SSSR count). The molecular formula is C77H139N3O31. The summed E-state index contributed by atoms with van der Waals surface area (Å²) in [4.78, 5) is 53.8. The van der Waals surface area contributed by atoms with Gasteiger partial charge in [-0.2, -0.15) is 0 Å². The Bertz CT molecular complexity index is 2630. The van der Waals surface area contributed by atoms with Crippen LogP contribution in [-0.4, -0.2) is 308 Å². The van der Waals surface area contributed by atoms with Crippen LogP contribution in [0.25, 0.3) is 0 Å². The number of amides is 3. The molecule has 0 unspecified atom stereocenters. The molecule has 25 atom stereocenters. The first kappa shape index (κ1) is 98.2. The van der Waals surface area contributed by atoms with E-state index in [1.807, 2.05) is 0 Å². The van der Waals surface area contributed by atoms with E-state index in [0.29, 0.717) is 12.8 Å². The van der Waals surface area contributed by atoms with Crippen LogP contribution in [0.1, 0.15) is 252 Å². The standard InChI is InChI=1S/C77H139N3O31/c1-5-7-9-11-13-15-17-19-21-22-24-26-28-30-32-34-36-38-63(94)80-51(52(88)37-35-33-31-29-27-25-23-20-18-16-14-12-10-8-6-2)46-102-75(48-85)71(66(96)56(92)47-103-75)109-77(111-74(73(100)101)41-54(90)64(79-50(4)87)70(108-74)65(95)55(91)42-81)62(93)40-57(59(44-83)107-77)105-76(61(78-49(3)86)39-53(89)58(43-82)106-76)110-72-69(99)68(98)67(97)60(45-84)104-72/h35,37,51-62,64-72,81-85,88-93,95-99H,5-34,36,38-48H2,1-4H3,(H,78,86)(H,79,87)(H,80,94)(H,100,101)/b37-35+/t51-,52+,53-,54+,55-,56-,57+,58-,59-,60-,61-,62-,64-,65-,66-,67+,68+,69-,70-,71+,72-,74+,75-,76+,77+/m1/s1. The first-order chi connectivity index (χ1) is 53.1. The lowest BCUT2D eigenvalue weighted by atomic mass is 9.88. The number of carbonyl (C=O) groups is 4. The van der Waals surface area contributed by atoms with E-state index in [1.165, 1.54) is 122 Å². The van der Waals surface area contributed by atoms with Gasteiger partial charge in [0.25, 0.3) is 5.79 Å². The number of unbranched alkanes of at least 4 members (excludes halogenated alkanes) is 29. The minimum atomic E-state index is -3.76. The molecule has 5 aliphatic heterocycles. The molecule has 5 heterocycles. The Morgan fingerprint density at radius 2 is 1.06 bits per heavy atom. The van der Waals surface area contributed by atoms with Gasteiger partial charge in [0.1, 0.15) is 92.0 Å². The van der Waals surface area contributed by atoms with Gasteiger partial charge in [-0.15, -0.1) is 0 Å². The lowest BCUT2D eigenvalue weighted by Gasteiger charge is -2.56. The van der Waals surface area contributed by atoms with E-state index in [1.54, 1.807) is 6.08 Å². The number of hydrogen-bond acceptors (Lipinski definition) is 30. The van der Waals surface area contributed by atoms with Crippen molar-refractivity contribution >= 4 is 23.7 Å². The summed E-state index contributed by atoms with van der Waals surface area (Å²) in [6.45, 7) is -1.36. The first-order valence-corrected chi connectivity index (χ1v) is 41.1. The predicted octanol–water partition coefficient (Wildman–Crippen LogP) is 1.22. The molecule has 0 saturated carbocycles. The van der Waals surface area contributed by atoms with E-state index in [-0.39, 0.29) is 6.42 Å². The number of carbonyl (C=O) groups excluding carboxylic acids is 3. The highest BCUT2D eigenvalue weighted by molar-refractivity contribution is 5.77. The number of aliphatic hydroxyl groups excluding tert-OH is 16. The molecule has 111 heavy (non-hydrogen) atoms. The molecule has 20 N–H and O–H groups in total. The number of nitrogens with one attached hydrogen (secondary N) is 3. The summed E-state index contributed by atoms with van der Waals surface area (Å²) in [6, 6.07) is -5.04. The Morgan fingerprint density at radius 3 is 1.56 bits per heavy atom. The summed E-state index contributed by atoms with van der Waals surface area (Å²) >= 11 is 0. The lowest BCUT2D eigenvalue weighted by Crippen LogP contribution is -2.75.